The Bertz CT molecular complexity index is 285. The quantitative estimate of drug-likeness (QED) is 0.490. The van der Waals surface area contributed by atoms with Gasteiger partial charge in [0.1, 0.15) is 0 Å². The van der Waals surface area contributed by atoms with Crippen molar-refractivity contribution in [1.29, 1.82) is 0 Å². The predicted molar refractivity (Wildman–Crippen MR) is 59.9 cm³/mol. The number of esters is 1. The molecule has 0 aliphatic heterocycles. The number of carbonyl (C=O) groups excluding carboxylic acids is 2. The summed E-state index contributed by atoms with van der Waals surface area (Å²) >= 11 is 0. The third-order valence-corrected chi connectivity index (χ3v) is 2.03. The Morgan fingerprint density at radius 3 is 2.47 bits per heavy atom. The number of ketones is 1. The minimum absolute atomic E-state index is 0.120. The molecule has 0 aliphatic carbocycles. The lowest BCUT2D eigenvalue weighted by molar-refractivity contribution is -0.145. The molecule has 0 saturated heterocycles. The van der Waals surface area contributed by atoms with Crippen molar-refractivity contribution in [2.75, 3.05) is 6.61 Å². The lowest BCUT2D eigenvalue weighted by Gasteiger charge is -2.14. The summed E-state index contributed by atoms with van der Waals surface area (Å²) in [4.78, 5) is 21.4. The number of alkyl halides is 2. The SMILES string of the molecule is CCOC(=O)CCC(F)(F)CCC=CC(C)=O. The van der Waals surface area contributed by atoms with Crippen LogP contribution in [0.15, 0.2) is 12.2 Å². The van der Waals surface area contributed by atoms with Gasteiger partial charge in [-0.2, -0.15) is 0 Å². The fourth-order valence-electron chi connectivity index (χ4n) is 1.19. The molecule has 98 valence electrons. The van der Waals surface area contributed by atoms with Crippen LogP contribution in [0.3, 0.4) is 0 Å². The van der Waals surface area contributed by atoms with Gasteiger partial charge in [-0.3, -0.25) is 9.59 Å². The molecule has 0 N–H and O–H groups in total. The molecule has 17 heavy (non-hydrogen) atoms. The second-order valence-corrected chi connectivity index (χ2v) is 3.71. The Labute approximate surface area is 99.8 Å². The van der Waals surface area contributed by atoms with Gasteiger partial charge in [0, 0.05) is 12.8 Å². The summed E-state index contributed by atoms with van der Waals surface area (Å²) in [6.07, 6.45) is 1.64. The first-order valence-electron chi connectivity index (χ1n) is 5.58. The highest BCUT2D eigenvalue weighted by molar-refractivity contribution is 5.87. The molecule has 0 heterocycles. The monoisotopic (exact) mass is 248 g/mol. The molecule has 5 heteroatoms. The van der Waals surface area contributed by atoms with Gasteiger partial charge in [0.05, 0.1) is 13.0 Å². The molecule has 0 aromatic rings. The van der Waals surface area contributed by atoms with E-state index in [4.69, 9.17) is 0 Å². The summed E-state index contributed by atoms with van der Waals surface area (Å²) in [5.74, 6) is -3.67. The zero-order valence-electron chi connectivity index (χ0n) is 10.2. The largest absolute Gasteiger partial charge is 0.466 e. The highest BCUT2D eigenvalue weighted by Crippen LogP contribution is 2.26. The van der Waals surface area contributed by atoms with E-state index in [1.165, 1.54) is 19.1 Å². The molecule has 0 aromatic carbocycles. The fourth-order valence-corrected chi connectivity index (χ4v) is 1.19. The minimum Gasteiger partial charge on any atom is -0.466 e. The first-order valence-corrected chi connectivity index (χ1v) is 5.58. The van der Waals surface area contributed by atoms with Crippen molar-refractivity contribution in [3.8, 4) is 0 Å². The predicted octanol–water partition coefficient (Wildman–Crippen LogP) is 2.89. The van der Waals surface area contributed by atoms with Crippen molar-refractivity contribution < 1.29 is 23.1 Å². The zero-order chi connectivity index (χ0) is 13.3. The van der Waals surface area contributed by atoms with Crippen LogP contribution >= 0.6 is 0 Å². The van der Waals surface area contributed by atoms with Crippen LogP contribution in [0, 0.1) is 0 Å². The summed E-state index contributed by atoms with van der Waals surface area (Å²) < 4.78 is 31.0. The van der Waals surface area contributed by atoms with Crippen molar-refractivity contribution in [2.45, 2.75) is 45.5 Å². The van der Waals surface area contributed by atoms with E-state index in [1.807, 2.05) is 0 Å². The number of allylic oxidation sites excluding steroid dienone is 2. The van der Waals surface area contributed by atoms with Crippen LogP contribution in [-0.4, -0.2) is 24.3 Å². The Kier molecular flexibility index (Phi) is 7.34. The van der Waals surface area contributed by atoms with Crippen molar-refractivity contribution in [3.63, 3.8) is 0 Å². The second-order valence-electron chi connectivity index (χ2n) is 3.71. The van der Waals surface area contributed by atoms with E-state index < -0.39 is 18.3 Å². The first-order chi connectivity index (χ1) is 7.87. The van der Waals surface area contributed by atoms with Gasteiger partial charge in [0.2, 0.25) is 5.92 Å². The van der Waals surface area contributed by atoms with Crippen LogP contribution in [0.1, 0.15) is 39.5 Å². The summed E-state index contributed by atoms with van der Waals surface area (Å²) in [6, 6.07) is 0. The molecule has 3 nitrogen and oxygen atoms in total. The molecule has 0 spiro atoms. The van der Waals surface area contributed by atoms with Gasteiger partial charge in [-0.15, -0.1) is 0 Å². The summed E-state index contributed by atoms with van der Waals surface area (Å²) in [5.41, 5.74) is 0. The van der Waals surface area contributed by atoms with E-state index in [1.54, 1.807) is 6.92 Å². The topological polar surface area (TPSA) is 43.4 Å². The normalized spacial score (nSPS) is 11.8. The number of halogens is 2. The van der Waals surface area contributed by atoms with Crippen molar-refractivity contribution in [2.24, 2.45) is 0 Å². The first kappa shape index (κ1) is 15.7. The molecular formula is C12H18F2O3. The molecular weight excluding hydrogens is 230 g/mol. The van der Waals surface area contributed by atoms with Gasteiger partial charge in [0.25, 0.3) is 0 Å². The Morgan fingerprint density at radius 1 is 1.29 bits per heavy atom. The molecule has 0 atom stereocenters. The molecule has 0 aliphatic rings. The Balaban J connectivity index is 3.87. The summed E-state index contributed by atoms with van der Waals surface area (Å²) in [5, 5.41) is 0. The zero-order valence-corrected chi connectivity index (χ0v) is 10.2. The fraction of sp³-hybridized carbons (Fsp3) is 0.667. The Hall–Kier alpha value is -1.26. The number of carbonyl (C=O) groups is 2. The third kappa shape index (κ3) is 9.66. The van der Waals surface area contributed by atoms with Gasteiger partial charge >= 0.3 is 5.97 Å². The van der Waals surface area contributed by atoms with Crippen LogP contribution in [0.2, 0.25) is 0 Å². The van der Waals surface area contributed by atoms with Crippen LogP contribution in [-0.2, 0) is 14.3 Å². The molecule has 0 saturated carbocycles. The number of ether oxygens (including phenoxy) is 1. The van der Waals surface area contributed by atoms with Gasteiger partial charge in [-0.1, -0.05) is 6.08 Å². The van der Waals surface area contributed by atoms with Crippen LogP contribution in [0.25, 0.3) is 0 Å². The highest BCUT2D eigenvalue weighted by atomic mass is 19.3. The summed E-state index contributed by atoms with van der Waals surface area (Å²) in [7, 11) is 0. The second kappa shape index (κ2) is 7.92. The van der Waals surface area contributed by atoms with E-state index in [2.05, 4.69) is 4.74 Å². The van der Waals surface area contributed by atoms with E-state index >= 15 is 0 Å². The maximum Gasteiger partial charge on any atom is 0.305 e. The third-order valence-electron chi connectivity index (χ3n) is 2.03. The highest BCUT2D eigenvalue weighted by Gasteiger charge is 2.28. The maximum atomic E-state index is 13.2. The summed E-state index contributed by atoms with van der Waals surface area (Å²) in [6.45, 7) is 3.18. The van der Waals surface area contributed by atoms with E-state index in [0.29, 0.717) is 0 Å². The average Bonchev–Trinajstić information content (AvgIpc) is 2.22. The lowest BCUT2D eigenvalue weighted by atomic mass is 10.1. The van der Waals surface area contributed by atoms with E-state index in [-0.39, 0.29) is 31.7 Å². The number of rotatable bonds is 8. The van der Waals surface area contributed by atoms with Gasteiger partial charge in [0.15, 0.2) is 5.78 Å². The lowest BCUT2D eigenvalue weighted by Crippen LogP contribution is -2.18. The maximum absolute atomic E-state index is 13.2. The van der Waals surface area contributed by atoms with Crippen LogP contribution in [0.4, 0.5) is 8.78 Å². The molecule has 0 aromatic heterocycles. The van der Waals surface area contributed by atoms with Gasteiger partial charge in [-0.25, -0.2) is 8.78 Å². The van der Waals surface area contributed by atoms with E-state index in [0.717, 1.165) is 0 Å². The van der Waals surface area contributed by atoms with Crippen molar-refractivity contribution >= 4 is 11.8 Å². The molecule has 0 amide bonds. The molecule has 0 bridgehead atoms. The molecule has 0 fully saturated rings. The molecule has 0 radical (unpaired) electrons. The standard InChI is InChI=1S/C12H18F2O3/c1-3-17-11(16)7-9-12(13,14)8-5-4-6-10(2)15/h4,6H,3,5,7-9H2,1-2H3. The van der Waals surface area contributed by atoms with Crippen molar-refractivity contribution in [1.82, 2.24) is 0 Å². The average molecular weight is 248 g/mol. The van der Waals surface area contributed by atoms with Crippen LogP contribution < -0.4 is 0 Å². The van der Waals surface area contributed by atoms with Crippen molar-refractivity contribution in [3.05, 3.63) is 12.2 Å². The van der Waals surface area contributed by atoms with Gasteiger partial charge < -0.3 is 4.74 Å². The Morgan fingerprint density at radius 2 is 1.94 bits per heavy atom. The molecule has 0 rings (SSSR count). The van der Waals surface area contributed by atoms with E-state index in [9.17, 15) is 18.4 Å². The van der Waals surface area contributed by atoms with Gasteiger partial charge in [-0.05, 0) is 26.3 Å². The number of hydrogen-bond acceptors (Lipinski definition) is 3. The smallest absolute Gasteiger partial charge is 0.305 e. The molecule has 0 unspecified atom stereocenters. The minimum atomic E-state index is -2.89. The number of hydrogen-bond donors (Lipinski definition) is 0. The van der Waals surface area contributed by atoms with Crippen LogP contribution in [0.5, 0.6) is 0 Å².